The van der Waals surface area contributed by atoms with Crippen LogP contribution in [0.1, 0.15) is 29.7 Å². The van der Waals surface area contributed by atoms with E-state index in [0.717, 1.165) is 36.9 Å². The Morgan fingerprint density at radius 2 is 2.22 bits per heavy atom. The van der Waals surface area contributed by atoms with Gasteiger partial charge >= 0.3 is 0 Å². The van der Waals surface area contributed by atoms with Crippen LogP contribution in [-0.4, -0.2) is 34.5 Å². The second kappa shape index (κ2) is 5.80. The van der Waals surface area contributed by atoms with E-state index >= 15 is 0 Å². The molecule has 1 aromatic rings. The highest BCUT2D eigenvalue weighted by atomic mass is 16.3. The third kappa shape index (κ3) is 2.78. The van der Waals surface area contributed by atoms with E-state index in [9.17, 15) is 5.11 Å². The maximum atomic E-state index is 9.30. The third-order valence-corrected chi connectivity index (χ3v) is 3.14. The largest absolute Gasteiger partial charge is 0.394 e. The lowest BCUT2D eigenvalue weighted by Crippen LogP contribution is -2.24. The summed E-state index contributed by atoms with van der Waals surface area (Å²) in [4.78, 5) is 4.46. The molecule has 0 saturated heterocycles. The van der Waals surface area contributed by atoms with E-state index in [1.165, 1.54) is 0 Å². The molecule has 96 valence electrons. The Kier molecular flexibility index (Phi) is 4.13. The Morgan fingerprint density at radius 1 is 1.44 bits per heavy atom. The fourth-order valence-corrected chi connectivity index (χ4v) is 2.13. The maximum Gasteiger partial charge on any atom is 0.144 e. The van der Waals surface area contributed by atoms with Crippen LogP contribution in [0.25, 0.3) is 0 Å². The second-order valence-corrected chi connectivity index (χ2v) is 4.53. The molecule has 2 rings (SSSR count). The van der Waals surface area contributed by atoms with E-state index < -0.39 is 6.10 Å². The molecule has 0 radical (unpaired) electrons. The van der Waals surface area contributed by atoms with Gasteiger partial charge in [0.1, 0.15) is 11.9 Å². The predicted octanol–water partition coefficient (Wildman–Crippen LogP) is 0.597. The molecule has 5 heteroatoms. The minimum atomic E-state index is -0.839. The molecule has 0 aromatic carbocycles. The van der Waals surface area contributed by atoms with E-state index in [1.807, 2.05) is 6.07 Å². The number of fused-ring (bicyclic) bond motifs is 1. The summed E-state index contributed by atoms with van der Waals surface area (Å²) in [6.45, 7) is -0.114. The normalized spacial score (nSPS) is 15.6. The summed E-state index contributed by atoms with van der Waals surface area (Å²) >= 11 is 0. The van der Waals surface area contributed by atoms with Crippen LogP contribution in [-0.2, 0) is 12.8 Å². The van der Waals surface area contributed by atoms with Crippen LogP contribution in [0, 0.1) is 11.3 Å². The smallest absolute Gasteiger partial charge is 0.144 e. The van der Waals surface area contributed by atoms with Gasteiger partial charge in [0.2, 0.25) is 0 Å². The van der Waals surface area contributed by atoms with Crippen molar-refractivity contribution in [2.45, 2.75) is 31.8 Å². The summed E-state index contributed by atoms with van der Waals surface area (Å²) in [7, 11) is 0. The van der Waals surface area contributed by atoms with Crippen LogP contribution in [0.15, 0.2) is 6.07 Å². The first-order chi connectivity index (χ1) is 8.74. The van der Waals surface area contributed by atoms with Gasteiger partial charge in [-0.15, -0.1) is 0 Å². The van der Waals surface area contributed by atoms with Gasteiger partial charge in [0.05, 0.1) is 18.3 Å². The van der Waals surface area contributed by atoms with Crippen molar-refractivity contribution in [3.63, 3.8) is 0 Å². The van der Waals surface area contributed by atoms with Gasteiger partial charge in [-0.2, -0.15) is 5.26 Å². The fraction of sp³-hybridized carbons (Fsp3) is 0.538. The van der Waals surface area contributed by atoms with Crippen molar-refractivity contribution in [2.24, 2.45) is 0 Å². The van der Waals surface area contributed by atoms with Crippen LogP contribution >= 0.6 is 0 Å². The number of hydrogen-bond acceptors (Lipinski definition) is 5. The van der Waals surface area contributed by atoms with Crippen LogP contribution in [0.5, 0.6) is 0 Å². The average Bonchev–Trinajstić information content (AvgIpc) is 2.43. The molecule has 0 aliphatic heterocycles. The average molecular weight is 247 g/mol. The molecule has 0 amide bonds. The zero-order chi connectivity index (χ0) is 13.0. The highest BCUT2D eigenvalue weighted by Crippen LogP contribution is 2.24. The van der Waals surface area contributed by atoms with Gasteiger partial charge in [-0.25, -0.2) is 4.98 Å². The van der Waals surface area contributed by atoms with Gasteiger partial charge in [0.25, 0.3) is 0 Å². The zero-order valence-corrected chi connectivity index (χ0v) is 10.2. The van der Waals surface area contributed by atoms with Crippen LogP contribution in [0.3, 0.4) is 0 Å². The number of nitrogens with zero attached hydrogens (tertiary/aromatic N) is 2. The molecule has 18 heavy (non-hydrogen) atoms. The van der Waals surface area contributed by atoms with Gasteiger partial charge in [-0.1, -0.05) is 0 Å². The number of pyridine rings is 1. The molecule has 1 unspecified atom stereocenters. The number of anilines is 1. The molecule has 0 fully saturated rings. The molecule has 1 aliphatic rings. The number of aliphatic hydroxyl groups is 2. The van der Waals surface area contributed by atoms with Crippen molar-refractivity contribution in [1.82, 2.24) is 4.98 Å². The fourth-order valence-electron chi connectivity index (χ4n) is 2.13. The Hall–Kier alpha value is -1.64. The van der Waals surface area contributed by atoms with Gasteiger partial charge in [0, 0.05) is 12.2 Å². The van der Waals surface area contributed by atoms with E-state index in [2.05, 4.69) is 16.4 Å². The summed E-state index contributed by atoms with van der Waals surface area (Å²) in [5.74, 6) is 0.505. The molecule has 1 aliphatic carbocycles. The van der Waals surface area contributed by atoms with Crippen molar-refractivity contribution in [3.8, 4) is 6.07 Å². The van der Waals surface area contributed by atoms with Gasteiger partial charge in [-0.05, 0) is 37.3 Å². The Bertz CT molecular complexity index is 468. The molecule has 3 N–H and O–H groups in total. The lowest BCUT2D eigenvalue weighted by atomic mass is 9.95. The Morgan fingerprint density at radius 3 is 2.94 bits per heavy atom. The predicted molar refractivity (Wildman–Crippen MR) is 67.2 cm³/mol. The maximum absolute atomic E-state index is 9.30. The number of aliphatic hydroxyl groups excluding tert-OH is 2. The molecule has 1 aromatic heterocycles. The number of rotatable bonds is 4. The van der Waals surface area contributed by atoms with Crippen LogP contribution < -0.4 is 5.32 Å². The summed E-state index contributed by atoms with van der Waals surface area (Å²) in [5, 5.41) is 30.1. The molecule has 0 saturated carbocycles. The molecule has 1 atom stereocenters. The van der Waals surface area contributed by atoms with Crippen LogP contribution in [0.2, 0.25) is 0 Å². The van der Waals surface area contributed by atoms with E-state index in [-0.39, 0.29) is 13.2 Å². The van der Waals surface area contributed by atoms with Crippen molar-refractivity contribution in [2.75, 3.05) is 18.5 Å². The summed E-state index contributed by atoms with van der Waals surface area (Å²) in [5.41, 5.74) is 2.70. The van der Waals surface area contributed by atoms with Crippen LogP contribution in [0.4, 0.5) is 5.82 Å². The first kappa shape index (κ1) is 12.8. The Labute approximate surface area is 106 Å². The topological polar surface area (TPSA) is 89.2 Å². The summed E-state index contributed by atoms with van der Waals surface area (Å²) in [6.07, 6.45) is 3.36. The molecule has 1 heterocycles. The van der Waals surface area contributed by atoms with Gasteiger partial charge in [-0.3, -0.25) is 0 Å². The molecule has 5 nitrogen and oxygen atoms in total. The van der Waals surface area contributed by atoms with E-state index in [1.54, 1.807) is 0 Å². The number of aromatic nitrogens is 1. The van der Waals surface area contributed by atoms with Crippen molar-refractivity contribution in [3.05, 3.63) is 22.9 Å². The van der Waals surface area contributed by atoms with Crippen molar-refractivity contribution >= 4 is 5.82 Å². The van der Waals surface area contributed by atoms with Gasteiger partial charge < -0.3 is 15.5 Å². The number of nitriles is 1. The standard InChI is InChI=1S/C13H17N3O2/c14-6-10-5-9-3-1-2-4-12(9)16-13(10)15-7-11(18)8-17/h5,11,17-18H,1-4,7-8H2,(H,15,16). The van der Waals surface area contributed by atoms with Gasteiger partial charge in [0.15, 0.2) is 0 Å². The summed E-state index contributed by atoms with van der Waals surface area (Å²) < 4.78 is 0. The lowest BCUT2D eigenvalue weighted by molar-refractivity contribution is 0.105. The number of hydrogen-bond donors (Lipinski definition) is 3. The quantitative estimate of drug-likeness (QED) is 0.725. The minimum absolute atomic E-state index is 0.191. The second-order valence-electron chi connectivity index (χ2n) is 4.53. The first-order valence-corrected chi connectivity index (χ1v) is 6.20. The number of aryl methyl sites for hydroxylation is 2. The molecule has 0 bridgehead atoms. The van der Waals surface area contributed by atoms with Crippen molar-refractivity contribution in [1.29, 1.82) is 5.26 Å². The monoisotopic (exact) mass is 247 g/mol. The lowest BCUT2D eigenvalue weighted by Gasteiger charge is -2.18. The third-order valence-electron chi connectivity index (χ3n) is 3.14. The zero-order valence-electron chi connectivity index (χ0n) is 10.2. The first-order valence-electron chi connectivity index (χ1n) is 6.20. The molecular formula is C13H17N3O2. The van der Waals surface area contributed by atoms with Crippen molar-refractivity contribution < 1.29 is 10.2 Å². The SMILES string of the molecule is N#Cc1cc2c(nc1NCC(O)CO)CCCC2. The Balaban J connectivity index is 2.20. The highest BCUT2D eigenvalue weighted by molar-refractivity contribution is 5.54. The summed E-state index contributed by atoms with van der Waals surface area (Å²) in [6, 6.07) is 4.00. The van der Waals surface area contributed by atoms with E-state index in [4.69, 9.17) is 10.4 Å². The molecule has 0 spiro atoms. The minimum Gasteiger partial charge on any atom is -0.394 e. The molecular weight excluding hydrogens is 230 g/mol. The van der Waals surface area contributed by atoms with E-state index in [0.29, 0.717) is 11.4 Å². The highest BCUT2D eigenvalue weighted by Gasteiger charge is 2.15. The number of nitrogens with one attached hydrogen (secondary N) is 1.